The van der Waals surface area contributed by atoms with Gasteiger partial charge in [0.25, 0.3) is 0 Å². The van der Waals surface area contributed by atoms with E-state index < -0.39 is 37.0 Å². The Balaban J connectivity index is 1.16. The highest BCUT2D eigenvalue weighted by atomic mass is 35.5. The van der Waals surface area contributed by atoms with E-state index in [0.717, 1.165) is 43.4 Å². The van der Waals surface area contributed by atoms with Crippen LogP contribution in [0.4, 0.5) is 29.6 Å². The monoisotopic (exact) mass is 1160 g/mol. The average molecular weight is 1160 g/mol. The number of carbonyl (C=O) groups is 1. The van der Waals surface area contributed by atoms with E-state index in [9.17, 15) is 4.79 Å². The summed E-state index contributed by atoms with van der Waals surface area (Å²) in [4.78, 5) is 38.2. The number of hydrogen-bond donors (Lipinski definition) is 0. The Morgan fingerprint density at radius 2 is 1.51 bits per heavy atom. The van der Waals surface area contributed by atoms with Gasteiger partial charge in [-0.15, -0.1) is 5.54 Å². The molecule has 0 N–H and O–H groups in total. The molecular formula is C65H77ClF3N7O5Si. The van der Waals surface area contributed by atoms with Crippen molar-refractivity contribution in [2.75, 3.05) is 50.3 Å². The van der Waals surface area contributed by atoms with Crippen molar-refractivity contribution in [2.24, 2.45) is 0 Å². The standard InChI is InChI=1S/C65H77ClF3N7O5Si/c1-38(2)82(39(3)4,40(5)6)30-27-48-50(68)24-17-43-31-53(73(33-41-13-19-46(78-10)20-14-41)34-42-15-21-47(79-11)22-16-42)70-59(54(43)48)56-57(66)49-23-26-51-52-25-18-45(76(52)63(77)81-64(7,8)9)36-75(51)61-55(49)60(58(56)69)71-62(72-61)80-37-65-28-12-29-74(65)35-44(67)32-65/h13-17,19-22,24,31,38-40,44-45,51-52H,12,18,23,25-26,28-29,32-37H2,1-11H3/t44-,45-,51-,52+,65+/m1/s1. The number of nitrogens with zero attached hydrogens (tertiary/aromatic N) is 7. The van der Waals surface area contributed by atoms with E-state index in [1.165, 1.54) is 6.07 Å². The highest BCUT2D eigenvalue weighted by Crippen LogP contribution is 2.51. The summed E-state index contributed by atoms with van der Waals surface area (Å²) in [7, 11) is 0.791. The number of halogens is 4. The van der Waals surface area contributed by atoms with Crippen LogP contribution in [0.25, 0.3) is 32.9 Å². The van der Waals surface area contributed by atoms with E-state index in [4.69, 9.17) is 45.5 Å². The Labute approximate surface area is 487 Å². The van der Waals surface area contributed by atoms with Crippen LogP contribution in [0.5, 0.6) is 17.5 Å². The molecule has 0 saturated carbocycles. The molecule has 5 atom stereocenters. The van der Waals surface area contributed by atoms with Gasteiger partial charge in [-0.1, -0.05) is 89.4 Å². The average Bonchev–Trinajstić information content (AvgIpc) is 4.19. The van der Waals surface area contributed by atoms with Gasteiger partial charge in [0.2, 0.25) is 0 Å². The Hall–Kier alpha value is -6.28. The van der Waals surface area contributed by atoms with Crippen LogP contribution in [0.15, 0.2) is 66.7 Å². The number of hydrogen-bond acceptors (Lipinski definition) is 11. The normalized spacial score (nSPS) is 21.5. The maximum Gasteiger partial charge on any atom is 0.410 e. The molecule has 434 valence electrons. The summed E-state index contributed by atoms with van der Waals surface area (Å²) >= 11 is 7.94. The topological polar surface area (TPSA) is 106 Å². The molecule has 0 spiro atoms. The number of rotatable bonds is 14. The van der Waals surface area contributed by atoms with Gasteiger partial charge in [-0.2, -0.15) is 9.97 Å². The summed E-state index contributed by atoms with van der Waals surface area (Å²) in [6.45, 7) is 21.3. The third-order valence-electron chi connectivity index (χ3n) is 18.5. The molecule has 6 aromatic rings. The first-order chi connectivity index (χ1) is 39.1. The molecule has 5 aliphatic rings. The molecule has 82 heavy (non-hydrogen) atoms. The van der Waals surface area contributed by atoms with Gasteiger partial charge in [0.15, 0.2) is 5.82 Å². The van der Waals surface area contributed by atoms with Crippen molar-refractivity contribution in [3.05, 3.63) is 106 Å². The van der Waals surface area contributed by atoms with Crippen LogP contribution < -0.4 is 24.0 Å². The van der Waals surface area contributed by atoms with Crippen molar-refractivity contribution in [1.29, 1.82) is 0 Å². The minimum atomic E-state index is -2.47. The quantitative estimate of drug-likeness (QED) is 0.0769. The van der Waals surface area contributed by atoms with E-state index >= 15 is 13.2 Å². The minimum absolute atomic E-state index is 0.0175. The van der Waals surface area contributed by atoms with Crippen LogP contribution in [0.3, 0.4) is 0 Å². The fourth-order valence-electron chi connectivity index (χ4n) is 14.7. The van der Waals surface area contributed by atoms with Gasteiger partial charge >= 0.3 is 12.1 Å². The van der Waals surface area contributed by atoms with Crippen molar-refractivity contribution >= 4 is 59.1 Å². The number of amides is 1. The predicted octanol–water partition coefficient (Wildman–Crippen LogP) is 14.4. The summed E-state index contributed by atoms with van der Waals surface area (Å²) in [5, 5.41) is 1.49. The number of benzene rings is 4. The van der Waals surface area contributed by atoms with Gasteiger partial charge in [0, 0.05) is 38.0 Å². The number of aromatic nitrogens is 3. The molecule has 0 radical (unpaired) electrons. The Bertz CT molecular complexity index is 3410. The van der Waals surface area contributed by atoms with E-state index in [0.29, 0.717) is 90.3 Å². The largest absolute Gasteiger partial charge is 0.497 e. The maximum absolute atomic E-state index is 19.2. The molecule has 2 bridgehead atoms. The van der Waals surface area contributed by atoms with E-state index in [2.05, 4.69) is 67.7 Å². The molecule has 4 saturated heterocycles. The van der Waals surface area contributed by atoms with E-state index in [-0.39, 0.29) is 80.8 Å². The zero-order chi connectivity index (χ0) is 58.2. The van der Waals surface area contributed by atoms with Crippen molar-refractivity contribution in [1.82, 2.24) is 24.8 Å². The number of fused-ring (bicyclic) bond motifs is 7. The van der Waals surface area contributed by atoms with Crippen LogP contribution in [0, 0.1) is 23.1 Å². The first-order valence-corrected chi connectivity index (χ1v) is 31.9. The highest BCUT2D eigenvalue weighted by Gasteiger charge is 2.53. The van der Waals surface area contributed by atoms with Crippen LogP contribution >= 0.6 is 11.6 Å². The first-order valence-electron chi connectivity index (χ1n) is 29.3. The molecule has 11 rings (SSSR count). The van der Waals surface area contributed by atoms with Crippen molar-refractivity contribution in [2.45, 2.75) is 172 Å². The summed E-state index contributed by atoms with van der Waals surface area (Å²) in [5.41, 5.74) is 5.99. The summed E-state index contributed by atoms with van der Waals surface area (Å²) in [6, 6.07) is 20.0. The number of methoxy groups -OCH3 is 2. The smallest absolute Gasteiger partial charge is 0.410 e. The number of piperazine rings is 1. The fourth-order valence-corrected chi connectivity index (χ4v) is 20.3. The first kappa shape index (κ1) is 57.5. The number of pyridine rings is 1. The lowest BCUT2D eigenvalue weighted by atomic mass is 9.93. The van der Waals surface area contributed by atoms with Crippen LogP contribution in [0.2, 0.25) is 21.6 Å². The van der Waals surface area contributed by atoms with Crippen LogP contribution in [0.1, 0.15) is 123 Å². The van der Waals surface area contributed by atoms with Gasteiger partial charge in [-0.05, 0) is 141 Å². The molecule has 0 aliphatic carbocycles. The van der Waals surface area contributed by atoms with Crippen molar-refractivity contribution in [3.8, 4) is 40.2 Å². The fraction of sp³-hybridized carbons (Fsp3) is 0.508. The number of alkyl halides is 1. The molecule has 5 aliphatic heterocycles. The molecule has 1 amide bonds. The third kappa shape index (κ3) is 10.4. The second-order valence-corrected chi connectivity index (χ2v) is 31.4. The molecule has 4 aromatic carbocycles. The van der Waals surface area contributed by atoms with Gasteiger partial charge in [-0.3, -0.25) is 9.80 Å². The molecular weight excluding hydrogens is 1080 g/mol. The Kier molecular flexibility index (Phi) is 15.7. The number of ether oxygens (including phenoxy) is 4. The predicted molar refractivity (Wildman–Crippen MR) is 322 cm³/mol. The lowest BCUT2D eigenvalue weighted by Crippen LogP contribution is -2.62. The molecule has 2 aromatic heterocycles. The van der Waals surface area contributed by atoms with Crippen molar-refractivity contribution < 1.29 is 36.9 Å². The van der Waals surface area contributed by atoms with E-state index in [1.807, 2.05) is 80.3 Å². The van der Waals surface area contributed by atoms with Crippen LogP contribution in [-0.2, 0) is 24.2 Å². The van der Waals surface area contributed by atoms with Gasteiger partial charge < -0.3 is 28.7 Å². The zero-order valence-corrected chi connectivity index (χ0v) is 51.0. The second-order valence-electron chi connectivity index (χ2n) is 25.4. The highest BCUT2D eigenvalue weighted by molar-refractivity contribution is 6.90. The van der Waals surface area contributed by atoms with Crippen molar-refractivity contribution in [3.63, 3.8) is 0 Å². The molecule has 12 nitrogen and oxygen atoms in total. The number of anilines is 2. The zero-order valence-electron chi connectivity index (χ0n) is 49.3. The van der Waals surface area contributed by atoms with Gasteiger partial charge in [0.1, 0.15) is 60.9 Å². The van der Waals surface area contributed by atoms with Crippen LogP contribution in [-0.4, -0.2) is 115 Å². The Morgan fingerprint density at radius 1 is 0.854 bits per heavy atom. The molecule has 7 heterocycles. The lowest BCUT2D eigenvalue weighted by Gasteiger charge is -2.47. The third-order valence-corrected chi connectivity index (χ3v) is 25.2. The molecule has 4 fully saturated rings. The number of carbonyl (C=O) groups excluding carboxylic acids is 1. The summed E-state index contributed by atoms with van der Waals surface area (Å²) < 4.78 is 75.5. The summed E-state index contributed by atoms with van der Waals surface area (Å²) in [6.07, 6.45) is 3.03. The van der Waals surface area contributed by atoms with Gasteiger partial charge in [0.05, 0.1) is 65.1 Å². The molecule has 0 unspecified atom stereocenters. The lowest BCUT2D eigenvalue weighted by molar-refractivity contribution is 0.00720. The summed E-state index contributed by atoms with van der Waals surface area (Å²) in [5.74, 6) is 4.51. The Morgan fingerprint density at radius 3 is 2.13 bits per heavy atom. The van der Waals surface area contributed by atoms with E-state index in [1.54, 1.807) is 20.3 Å². The second kappa shape index (κ2) is 22.4. The molecule has 17 heteroatoms. The van der Waals surface area contributed by atoms with Gasteiger partial charge in [-0.25, -0.2) is 22.9 Å². The number of aryl methyl sites for hydroxylation is 1. The minimum Gasteiger partial charge on any atom is -0.497 e. The SMILES string of the molecule is COc1ccc(CN(Cc2ccc(OC)cc2)c2cc3ccc(F)c(C#C[Si](C(C)C)(C(C)C)C(C)C)c3c(-c3c(Cl)c4c5c(nc(OC[C@@]67CCCN6C[C@H](F)C7)nc5c3F)N3C[C@H]5CC[C@@H]([C@H]3CC4)N5C(=O)OC(C)(C)C)n2)cc1. The maximum atomic E-state index is 19.2.